The fourth-order valence-corrected chi connectivity index (χ4v) is 0.321. The molecule has 0 N–H and O–H groups in total. The Morgan fingerprint density at radius 2 is 1.50 bits per heavy atom. The van der Waals surface area contributed by atoms with Crippen LogP contribution in [0.1, 0.15) is 0 Å². The maximum absolute atomic E-state index is 2.00. The van der Waals surface area contributed by atoms with Crippen molar-refractivity contribution in [1.82, 2.24) is 0 Å². The van der Waals surface area contributed by atoms with Gasteiger partial charge in [0.1, 0.15) is 0 Å². The number of hydrogen-bond acceptors (Lipinski definition) is 0. The van der Waals surface area contributed by atoms with E-state index in [9.17, 15) is 0 Å². The van der Waals surface area contributed by atoms with Crippen molar-refractivity contribution >= 4 is 0 Å². The van der Waals surface area contributed by atoms with Gasteiger partial charge in [0.05, 0.1) is 0 Å². The second-order valence-electron chi connectivity index (χ2n) is 0.962. The Labute approximate surface area is 67.9 Å². The standard InChI is InChI=1S/C5H5.Dy/c1-2-4-5-3-1;/h1-5H;/q-1;. The van der Waals surface area contributed by atoms with Gasteiger partial charge >= 0.3 is 0 Å². The Bertz CT molecular complexity index is 60.4. The van der Waals surface area contributed by atoms with E-state index in [0.717, 1.165) is 0 Å². The molecule has 1 heteroatoms. The molecule has 0 fully saturated rings. The van der Waals surface area contributed by atoms with E-state index in [0.29, 0.717) is 0 Å². The van der Waals surface area contributed by atoms with E-state index in [1.807, 2.05) is 30.3 Å². The van der Waals surface area contributed by atoms with Crippen LogP contribution in [-0.2, 0) is 0 Å². The third-order valence-corrected chi connectivity index (χ3v) is 0.556. The van der Waals surface area contributed by atoms with E-state index in [4.69, 9.17) is 0 Å². The molecule has 0 amide bonds. The Morgan fingerprint density at radius 3 is 1.67 bits per heavy atom. The van der Waals surface area contributed by atoms with Crippen molar-refractivity contribution in [2.24, 2.45) is 0 Å². The summed E-state index contributed by atoms with van der Waals surface area (Å²) in [5.41, 5.74) is 0. The molecule has 0 saturated heterocycles. The van der Waals surface area contributed by atoms with Crippen molar-refractivity contribution < 1.29 is 38.2 Å². The maximum Gasteiger partial charge on any atom is 0 e. The smallest absolute Gasteiger partial charge is 0 e. The van der Waals surface area contributed by atoms with Crippen molar-refractivity contribution in [3.05, 3.63) is 30.3 Å². The molecule has 1 aromatic rings. The van der Waals surface area contributed by atoms with Crippen LogP contribution in [0.2, 0.25) is 0 Å². The SMILES string of the molecule is [Dy].c1cc[cH-]c1. The predicted octanol–water partition coefficient (Wildman–Crippen LogP) is 1.41. The fourth-order valence-electron chi connectivity index (χ4n) is 0.321. The van der Waals surface area contributed by atoms with Crippen LogP contribution in [0.15, 0.2) is 30.3 Å². The maximum atomic E-state index is 2.00. The molecule has 0 aliphatic rings. The predicted molar refractivity (Wildman–Crippen MR) is 22.0 cm³/mol. The third kappa shape index (κ3) is 1.92. The molecule has 0 aliphatic heterocycles. The Morgan fingerprint density at radius 1 is 1.00 bits per heavy atom. The summed E-state index contributed by atoms with van der Waals surface area (Å²) in [4.78, 5) is 0. The molecular formula is C5H5Dy-. The van der Waals surface area contributed by atoms with Gasteiger partial charge in [0.15, 0.2) is 0 Å². The van der Waals surface area contributed by atoms with Crippen LogP contribution in [0.4, 0.5) is 0 Å². The number of rotatable bonds is 0. The molecule has 0 aliphatic carbocycles. The van der Waals surface area contributed by atoms with Gasteiger partial charge in [-0.2, -0.15) is 18.2 Å². The van der Waals surface area contributed by atoms with Gasteiger partial charge in [-0.3, -0.25) is 0 Å². The van der Waals surface area contributed by atoms with Crippen molar-refractivity contribution in [3.63, 3.8) is 0 Å². The zero-order valence-electron chi connectivity index (χ0n) is 3.20. The van der Waals surface area contributed by atoms with Crippen LogP contribution < -0.4 is 0 Å². The molecule has 6 heavy (non-hydrogen) atoms. The third-order valence-electron chi connectivity index (χ3n) is 0.556. The van der Waals surface area contributed by atoms with Crippen LogP contribution >= 0.6 is 0 Å². The summed E-state index contributed by atoms with van der Waals surface area (Å²) in [5, 5.41) is 0. The molecule has 0 spiro atoms. The zero-order valence-corrected chi connectivity index (χ0v) is 5.23. The van der Waals surface area contributed by atoms with E-state index in [-0.39, 0.29) is 38.2 Å². The minimum Gasteiger partial charge on any atom is -0.214 e. The van der Waals surface area contributed by atoms with Gasteiger partial charge in [0, 0.05) is 38.2 Å². The normalized spacial score (nSPS) is 6.67. The van der Waals surface area contributed by atoms with E-state index in [1.165, 1.54) is 0 Å². The van der Waals surface area contributed by atoms with E-state index in [1.54, 1.807) is 0 Å². The second kappa shape index (κ2) is 3.80. The van der Waals surface area contributed by atoms with Crippen molar-refractivity contribution in [2.45, 2.75) is 0 Å². The van der Waals surface area contributed by atoms with Crippen molar-refractivity contribution in [3.8, 4) is 0 Å². The van der Waals surface area contributed by atoms with Gasteiger partial charge in [0.2, 0.25) is 0 Å². The van der Waals surface area contributed by atoms with Gasteiger partial charge in [-0.1, -0.05) is 0 Å². The van der Waals surface area contributed by atoms with Crippen LogP contribution in [0, 0.1) is 38.2 Å². The summed E-state index contributed by atoms with van der Waals surface area (Å²) in [6.45, 7) is 0. The van der Waals surface area contributed by atoms with Gasteiger partial charge in [-0.15, -0.1) is 0 Å². The van der Waals surface area contributed by atoms with Crippen LogP contribution in [0.5, 0.6) is 0 Å². The van der Waals surface area contributed by atoms with Gasteiger partial charge in [-0.25, -0.2) is 12.1 Å². The van der Waals surface area contributed by atoms with E-state index < -0.39 is 0 Å². The molecule has 1 aromatic carbocycles. The largest absolute Gasteiger partial charge is 0.214 e. The van der Waals surface area contributed by atoms with E-state index >= 15 is 0 Å². The van der Waals surface area contributed by atoms with Crippen LogP contribution in [0.25, 0.3) is 0 Å². The first-order valence-electron chi connectivity index (χ1n) is 1.67. The molecule has 0 atom stereocenters. The molecule has 0 unspecified atom stereocenters. The second-order valence-corrected chi connectivity index (χ2v) is 0.962. The fraction of sp³-hybridized carbons (Fsp3) is 0. The molecule has 0 nitrogen and oxygen atoms in total. The molecule has 0 bridgehead atoms. The first-order valence-corrected chi connectivity index (χ1v) is 1.67. The van der Waals surface area contributed by atoms with Gasteiger partial charge in [-0.05, 0) is 0 Å². The van der Waals surface area contributed by atoms with Crippen LogP contribution in [-0.4, -0.2) is 0 Å². The Hall–Kier alpha value is 0.623. The van der Waals surface area contributed by atoms with Crippen molar-refractivity contribution in [2.75, 3.05) is 0 Å². The number of hydrogen-bond donors (Lipinski definition) is 0. The Kier molecular flexibility index (Phi) is 4.20. The topological polar surface area (TPSA) is 0 Å². The summed E-state index contributed by atoms with van der Waals surface area (Å²) in [5.74, 6) is 0. The quantitative estimate of drug-likeness (QED) is 0.588. The molecule has 0 radical (unpaired) electrons. The summed E-state index contributed by atoms with van der Waals surface area (Å²) in [6.07, 6.45) is 0. The van der Waals surface area contributed by atoms with E-state index in [2.05, 4.69) is 0 Å². The van der Waals surface area contributed by atoms with Gasteiger partial charge < -0.3 is 0 Å². The first-order chi connectivity index (χ1) is 2.50. The average molecular weight is 228 g/mol. The summed E-state index contributed by atoms with van der Waals surface area (Å²) in [7, 11) is 0. The molecular weight excluding hydrogens is 223 g/mol. The minimum absolute atomic E-state index is 0. The molecule has 0 aromatic heterocycles. The Balaban J connectivity index is 0.000000250. The van der Waals surface area contributed by atoms with Crippen molar-refractivity contribution in [1.29, 1.82) is 0 Å². The average Bonchev–Trinajstić information content (AvgIpc) is 1.76. The molecule has 1 rings (SSSR count). The molecule has 36 valence electrons. The first kappa shape index (κ1) is 6.62. The monoisotopic (exact) mass is 229 g/mol. The summed E-state index contributed by atoms with van der Waals surface area (Å²) < 4.78 is 0. The summed E-state index contributed by atoms with van der Waals surface area (Å²) >= 11 is 0. The zero-order chi connectivity index (χ0) is 3.54. The molecule has 0 heterocycles. The van der Waals surface area contributed by atoms with Crippen LogP contribution in [0.3, 0.4) is 0 Å². The molecule has 0 saturated carbocycles. The minimum atomic E-state index is 0. The summed E-state index contributed by atoms with van der Waals surface area (Å²) in [6, 6.07) is 10.0. The van der Waals surface area contributed by atoms with Gasteiger partial charge in [0.25, 0.3) is 0 Å².